The number of aromatic nitrogens is 2. The smallest absolute Gasteiger partial charge is 0.145 e. The van der Waals surface area contributed by atoms with E-state index in [1.807, 2.05) is 79.1 Å². The van der Waals surface area contributed by atoms with Gasteiger partial charge < -0.3 is 9.13 Å². The van der Waals surface area contributed by atoms with Crippen molar-refractivity contribution < 1.29 is 0 Å². The summed E-state index contributed by atoms with van der Waals surface area (Å²) in [7, 11) is 0. The van der Waals surface area contributed by atoms with Crippen LogP contribution in [0.1, 0.15) is 50.9 Å². The van der Waals surface area contributed by atoms with Crippen LogP contribution in [0.5, 0.6) is 0 Å². The fraction of sp³-hybridized carbons (Fsp3) is 0.188. The topological polar surface area (TPSA) is 105 Å². The van der Waals surface area contributed by atoms with E-state index in [0.29, 0.717) is 17.2 Å². The molecule has 4 aromatic rings. The lowest BCUT2D eigenvalue weighted by Crippen LogP contribution is -1.99. The Kier molecular flexibility index (Phi) is 7.17. The summed E-state index contributed by atoms with van der Waals surface area (Å²) >= 11 is 0. The highest BCUT2D eigenvalue weighted by Crippen LogP contribution is 2.32. The summed E-state index contributed by atoms with van der Waals surface area (Å²) in [5.74, 6) is 6.02. The van der Waals surface area contributed by atoms with Gasteiger partial charge in [-0.15, -0.1) is 0 Å². The first-order valence-electron chi connectivity index (χ1n) is 12.2. The summed E-state index contributed by atoms with van der Waals surface area (Å²) < 4.78 is 4.28. The van der Waals surface area contributed by atoms with Crippen molar-refractivity contribution in [2.75, 3.05) is 0 Å². The molecule has 0 aliphatic heterocycles. The van der Waals surface area contributed by atoms with Gasteiger partial charge in [-0.25, -0.2) is 0 Å². The Morgan fingerprint density at radius 3 is 1.71 bits per heavy atom. The zero-order chi connectivity index (χ0) is 27.4. The molecule has 2 aromatic heterocycles. The second-order valence-corrected chi connectivity index (χ2v) is 9.38. The van der Waals surface area contributed by atoms with Crippen molar-refractivity contribution in [1.29, 1.82) is 21.0 Å². The van der Waals surface area contributed by atoms with Gasteiger partial charge in [-0.1, -0.05) is 17.9 Å². The Hall–Kier alpha value is -5.48. The van der Waals surface area contributed by atoms with Gasteiger partial charge in [-0.2, -0.15) is 21.0 Å². The molecule has 0 aliphatic carbocycles. The minimum atomic E-state index is -0.262. The second kappa shape index (κ2) is 10.6. The summed E-state index contributed by atoms with van der Waals surface area (Å²) in [6.45, 7) is 8.39. The van der Waals surface area contributed by atoms with Gasteiger partial charge in [0.2, 0.25) is 0 Å². The summed E-state index contributed by atoms with van der Waals surface area (Å²) in [5, 5.41) is 41.0. The molecule has 0 atom stereocenters. The Labute approximate surface area is 222 Å². The Balaban J connectivity index is 1.92. The molecule has 0 spiro atoms. The minimum absolute atomic E-state index is 0.0515. The zero-order valence-electron chi connectivity index (χ0n) is 21.6. The fourth-order valence-corrected chi connectivity index (χ4v) is 4.53. The van der Waals surface area contributed by atoms with Crippen molar-refractivity contribution in [3.05, 3.63) is 88.8 Å². The molecule has 0 aliphatic rings. The molecular weight excluding hydrogens is 468 g/mol. The minimum Gasteiger partial charge on any atom is -0.345 e. The average Bonchev–Trinajstić information content (AvgIpc) is 3.54. The molecule has 6 nitrogen and oxygen atoms in total. The van der Waals surface area contributed by atoms with E-state index in [0.717, 1.165) is 21.8 Å². The van der Waals surface area contributed by atoms with E-state index in [1.54, 1.807) is 6.07 Å². The number of fused-ring (bicyclic) bond motifs is 2. The van der Waals surface area contributed by atoms with Gasteiger partial charge in [0, 0.05) is 57.4 Å². The number of nitriles is 4. The van der Waals surface area contributed by atoms with E-state index < -0.39 is 0 Å². The van der Waals surface area contributed by atoms with Gasteiger partial charge >= 0.3 is 0 Å². The molecule has 0 fully saturated rings. The highest BCUT2D eigenvalue weighted by molar-refractivity contribution is 5.95. The Bertz CT molecular complexity index is 1830. The molecule has 4 rings (SSSR count). The van der Waals surface area contributed by atoms with Crippen LogP contribution in [0.3, 0.4) is 0 Å². The predicted molar refractivity (Wildman–Crippen MR) is 148 cm³/mol. The lowest BCUT2D eigenvalue weighted by Gasteiger charge is -2.12. The van der Waals surface area contributed by atoms with E-state index in [2.05, 4.69) is 48.7 Å². The Morgan fingerprint density at radius 2 is 1.18 bits per heavy atom. The standard InChI is InChI=1S/C32H24N6/c1-21(2)37-13-11-24-15-23(6-9-30(24)37)5-8-29(27(17-33)18-34)32(28(19-35)20-36)26-7-10-31-25(16-26)12-14-38(31)22(3)4/h6-7,9-16,21-22H,1-4H3. The van der Waals surface area contributed by atoms with Crippen molar-refractivity contribution in [3.8, 4) is 36.1 Å². The highest BCUT2D eigenvalue weighted by atomic mass is 15.0. The largest absolute Gasteiger partial charge is 0.345 e. The average molecular weight is 493 g/mol. The molecule has 0 amide bonds. The third-order valence-corrected chi connectivity index (χ3v) is 6.37. The molecule has 2 heterocycles. The van der Waals surface area contributed by atoms with Crippen molar-refractivity contribution in [2.45, 2.75) is 39.8 Å². The lowest BCUT2D eigenvalue weighted by atomic mass is 9.90. The summed E-state index contributed by atoms with van der Waals surface area (Å²) in [6.07, 6.45) is 4.00. The summed E-state index contributed by atoms with van der Waals surface area (Å²) in [4.78, 5) is 0. The molecule has 0 N–H and O–H groups in total. The van der Waals surface area contributed by atoms with Crippen LogP contribution in [0.2, 0.25) is 0 Å². The normalized spacial score (nSPS) is 10.3. The van der Waals surface area contributed by atoms with Crippen LogP contribution in [-0.2, 0) is 0 Å². The zero-order valence-corrected chi connectivity index (χ0v) is 21.6. The molecule has 0 radical (unpaired) electrons. The van der Waals surface area contributed by atoms with Crippen LogP contribution >= 0.6 is 0 Å². The molecule has 0 bridgehead atoms. The van der Waals surface area contributed by atoms with Crippen molar-refractivity contribution in [1.82, 2.24) is 9.13 Å². The SMILES string of the molecule is CC(C)n1ccc2cc(C#CC(=C(C#N)C#N)C(=C(C#N)C#N)c3ccc4c(ccn4C(C)C)c3)ccc21. The number of benzene rings is 2. The second-order valence-electron chi connectivity index (χ2n) is 9.38. The van der Waals surface area contributed by atoms with E-state index >= 15 is 0 Å². The number of rotatable bonds is 4. The molecule has 0 saturated heterocycles. The van der Waals surface area contributed by atoms with Gasteiger partial charge in [0.1, 0.15) is 35.4 Å². The monoisotopic (exact) mass is 492 g/mol. The van der Waals surface area contributed by atoms with Crippen molar-refractivity contribution in [3.63, 3.8) is 0 Å². The number of hydrogen-bond donors (Lipinski definition) is 0. The van der Waals surface area contributed by atoms with E-state index in [-0.39, 0.29) is 28.3 Å². The van der Waals surface area contributed by atoms with Crippen molar-refractivity contribution >= 4 is 27.4 Å². The van der Waals surface area contributed by atoms with Gasteiger partial charge in [0.25, 0.3) is 0 Å². The maximum atomic E-state index is 9.80. The Morgan fingerprint density at radius 1 is 0.658 bits per heavy atom. The van der Waals surface area contributed by atoms with Crippen LogP contribution in [-0.4, -0.2) is 9.13 Å². The maximum Gasteiger partial charge on any atom is 0.145 e. The highest BCUT2D eigenvalue weighted by Gasteiger charge is 2.19. The molecule has 182 valence electrons. The fourth-order valence-electron chi connectivity index (χ4n) is 4.53. The number of hydrogen-bond acceptors (Lipinski definition) is 4. The molecule has 38 heavy (non-hydrogen) atoms. The maximum absolute atomic E-state index is 9.80. The van der Waals surface area contributed by atoms with Crippen LogP contribution in [0.25, 0.3) is 27.4 Å². The van der Waals surface area contributed by atoms with Crippen LogP contribution in [0.4, 0.5) is 0 Å². The molecular formula is C32H24N6. The van der Waals surface area contributed by atoms with Crippen molar-refractivity contribution in [2.24, 2.45) is 0 Å². The molecule has 2 aromatic carbocycles. The third-order valence-electron chi connectivity index (χ3n) is 6.37. The molecule has 0 saturated carbocycles. The predicted octanol–water partition coefficient (Wildman–Crippen LogP) is 6.95. The lowest BCUT2D eigenvalue weighted by molar-refractivity contribution is 0.623. The van der Waals surface area contributed by atoms with Crippen LogP contribution < -0.4 is 0 Å². The third kappa shape index (κ3) is 4.66. The van der Waals surface area contributed by atoms with Gasteiger partial charge in [-0.05, 0) is 75.7 Å². The summed E-state index contributed by atoms with van der Waals surface area (Å²) in [6, 6.07) is 23.6. The van der Waals surface area contributed by atoms with Gasteiger partial charge in [0.05, 0.1) is 5.57 Å². The van der Waals surface area contributed by atoms with Gasteiger partial charge in [0.15, 0.2) is 0 Å². The quantitative estimate of drug-likeness (QED) is 0.174. The van der Waals surface area contributed by atoms with E-state index in [4.69, 9.17) is 0 Å². The van der Waals surface area contributed by atoms with E-state index in [1.165, 1.54) is 0 Å². The first-order valence-corrected chi connectivity index (χ1v) is 12.2. The summed E-state index contributed by atoms with van der Waals surface area (Å²) in [5.41, 5.74) is 3.04. The van der Waals surface area contributed by atoms with Crippen LogP contribution in [0, 0.1) is 57.2 Å². The first-order chi connectivity index (χ1) is 18.3. The van der Waals surface area contributed by atoms with E-state index in [9.17, 15) is 21.0 Å². The first kappa shape index (κ1) is 25.6. The molecule has 6 heteroatoms. The number of nitrogens with zero attached hydrogens (tertiary/aromatic N) is 6. The van der Waals surface area contributed by atoms with Gasteiger partial charge in [-0.3, -0.25) is 0 Å². The number of allylic oxidation sites excluding steroid dienone is 4. The molecule has 0 unspecified atom stereocenters. The van der Waals surface area contributed by atoms with Crippen LogP contribution in [0.15, 0.2) is 77.6 Å².